The van der Waals surface area contributed by atoms with Gasteiger partial charge in [0.2, 0.25) is 0 Å². The van der Waals surface area contributed by atoms with E-state index in [-0.39, 0.29) is 6.04 Å². The van der Waals surface area contributed by atoms with Crippen molar-refractivity contribution in [2.24, 2.45) is 0 Å². The van der Waals surface area contributed by atoms with Gasteiger partial charge in [0.1, 0.15) is 5.58 Å². The molecule has 3 rings (SSSR count). The summed E-state index contributed by atoms with van der Waals surface area (Å²) in [6.07, 6.45) is 1.86. The lowest BCUT2D eigenvalue weighted by molar-refractivity contribution is 0.598. The highest BCUT2D eigenvalue weighted by molar-refractivity contribution is 7.12. The fourth-order valence-electron chi connectivity index (χ4n) is 2.28. The van der Waals surface area contributed by atoms with Crippen molar-refractivity contribution >= 4 is 22.3 Å². The number of para-hydroxylation sites is 1. The molecule has 3 aromatic rings. The van der Waals surface area contributed by atoms with Gasteiger partial charge in [-0.3, -0.25) is 0 Å². The van der Waals surface area contributed by atoms with Crippen LogP contribution in [0, 0.1) is 6.92 Å². The Morgan fingerprint density at radius 3 is 2.72 bits per heavy atom. The first-order valence-electron chi connectivity index (χ1n) is 5.99. The van der Waals surface area contributed by atoms with E-state index in [4.69, 9.17) is 4.42 Å². The van der Waals surface area contributed by atoms with Crippen LogP contribution in [-0.2, 0) is 0 Å². The van der Waals surface area contributed by atoms with Crippen LogP contribution < -0.4 is 5.32 Å². The molecule has 1 aromatic carbocycles. The van der Waals surface area contributed by atoms with Gasteiger partial charge in [-0.15, -0.1) is 11.3 Å². The highest BCUT2D eigenvalue weighted by Crippen LogP contribution is 2.33. The molecule has 0 aliphatic rings. The Bertz CT molecular complexity index is 668. The molecule has 0 fully saturated rings. The van der Waals surface area contributed by atoms with Gasteiger partial charge < -0.3 is 9.73 Å². The highest BCUT2D eigenvalue weighted by atomic mass is 32.1. The number of rotatable bonds is 3. The summed E-state index contributed by atoms with van der Waals surface area (Å²) in [4.78, 5) is 2.65. The fraction of sp³-hybridized carbons (Fsp3) is 0.200. The van der Waals surface area contributed by atoms with Crippen LogP contribution in [0.2, 0.25) is 0 Å². The number of fused-ring (bicyclic) bond motifs is 1. The Hall–Kier alpha value is -1.58. The molecule has 0 radical (unpaired) electrons. The molecule has 0 spiro atoms. The first-order chi connectivity index (χ1) is 8.79. The summed E-state index contributed by atoms with van der Waals surface area (Å²) >= 11 is 1.82. The van der Waals surface area contributed by atoms with Gasteiger partial charge in [0.05, 0.1) is 12.3 Å². The van der Waals surface area contributed by atoms with E-state index in [1.165, 1.54) is 20.7 Å². The van der Waals surface area contributed by atoms with Crippen LogP contribution in [0.1, 0.15) is 21.4 Å². The maximum atomic E-state index is 5.62. The summed E-state index contributed by atoms with van der Waals surface area (Å²) in [5, 5.41) is 4.56. The van der Waals surface area contributed by atoms with E-state index >= 15 is 0 Å². The first-order valence-corrected chi connectivity index (χ1v) is 6.81. The van der Waals surface area contributed by atoms with Crippen LogP contribution in [0.4, 0.5) is 0 Å². The lowest BCUT2D eigenvalue weighted by Crippen LogP contribution is -2.15. The maximum Gasteiger partial charge on any atom is 0.134 e. The maximum absolute atomic E-state index is 5.62. The van der Waals surface area contributed by atoms with E-state index in [0.29, 0.717) is 0 Å². The van der Waals surface area contributed by atoms with Gasteiger partial charge in [-0.1, -0.05) is 18.2 Å². The zero-order valence-corrected chi connectivity index (χ0v) is 11.3. The summed E-state index contributed by atoms with van der Waals surface area (Å²) in [7, 11) is 1.99. The molecule has 92 valence electrons. The normalized spacial score (nSPS) is 13.0. The summed E-state index contributed by atoms with van der Waals surface area (Å²) in [5.74, 6) is 0. The lowest BCUT2D eigenvalue weighted by atomic mass is 10.0. The second-order valence-corrected chi connectivity index (χ2v) is 5.68. The highest BCUT2D eigenvalue weighted by Gasteiger charge is 2.18. The molecular weight excluding hydrogens is 242 g/mol. The van der Waals surface area contributed by atoms with Crippen LogP contribution in [0.15, 0.2) is 47.1 Å². The fourth-order valence-corrected chi connectivity index (χ4v) is 3.29. The molecule has 1 unspecified atom stereocenters. The van der Waals surface area contributed by atoms with Crippen LogP contribution in [0.25, 0.3) is 11.0 Å². The van der Waals surface area contributed by atoms with Crippen molar-refractivity contribution in [1.29, 1.82) is 0 Å². The minimum Gasteiger partial charge on any atom is -0.464 e. The van der Waals surface area contributed by atoms with Gasteiger partial charge in [0.25, 0.3) is 0 Å². The van der Waals surface area contributed by atoms with Crippen LogP contribution in [0.5, 0.6) is 0 Å². The number of hydrogen-bond acceptors (Lipinski definition) is 3. The predicted octanol–water partition coefficient (Wildman–Crippen LogP) is 4.11. The third-order valence-corrected chi connectivity index (χ3v) is 4.22. The van der Waals surface area contributed by atoms with Crippen molar-refractivity contribution in [2.75, 3.05) is 7.05 Å². The number of aryl methyl sites for hydroxylation is 1. The Morgan fingerprint density at radius 1 is 1.17 bits per heavy atom. The molecule has 2 aromatic heterocycles. The van der Waals surface area contributed by atoms with E-state index in [1.807, 2.05) is 42.8 Å². The van der Waals surface area contributed by atoms with Crippen molar-refractivity contribution < 1.29 is 4.42 Å². The SMILES string of the molecule is CNC(c1ccc(C)s1)c1coc2ccccc12. The molecule has 2 nitrogen and oxygen atoms in total. The zero-order valence-electron chi connectivity index (χ0n) is 10.4. The van der Waals surface area contributed by atoms with Crippen molar-refractivity contribution in [3.8, 4) is 0 Å². The van der Waals surface area contributed by atoms with Gasteiger partial charge in [-0.2, -0.15) is 0 Å². The Kier molecular flexibility index (Phi) is 2.94. The Labute approximate surface area is 110 Å². The van der Waals surface area contributed by atoms with E-state index < -0.39 is 0 Å². The molecule has 1 N–H and O–H groups in total. The molecule has 0 bridgehead atoms. The Morgan fingerprint density at radius 2 is 2.00 bits per heavy atom. The van der Waals surface area contributed by atoms with Crippen LogP contribution in [-0.4, -0.2) is 7.05 Å². The molecule has 2 heterocycles. The average molecular weight is 257 g/mol. The van der Waals surface area contributed by atoms with Gasteiger partial charge >= 0.3 is 0 Å². The largest absolute Gasteiger partial charge is 0.464 e. The van der Waals surface area contributed by atoms with E-state index in [1.54, 1.807) is 0 Å². The molecule has 18 heavy (non-hydrogen) atoms. The monoisotopic (exact) mass is 257 g/mol. The van der Waals surface area contributed by atoms with Crippen LogP contribution >= 0.6 is 11.3 Å². The van der Waals surface area contributed by atoms with Gasteiger partial charge in [-0.05, 0) is 32.2 Å². The Balaban J connectivity index is 2.11. The smallest absolute Gasteiger partial charge is 0.134 e. The summed E-state index contributed by atoms with van der Waals surface area (Å²) in [5.41, 5.74) is 2.15. The topological polar surface area (TPSA) is 25.2 Å². The summed E-state index contributed by atoms with van der Waals surface area (Å²) in [6.45, 7) is 2.13. The predicted molar refractivity (Wildman–Crippen MR) is 76.2 cm³/mol. The quantitative estimate of drug-likeness (QED) is 0.763. The first kappa shape index (κ1) is 11.5. The molecule has 0 saturated carbocycles. The minimum absolute atomic E-state index is 0.201. The van der Waals surface area contributed by atoms with E-state index in [0.717, 1.165) is 5.58 Å². The molecule has 0 aliphatic carbocycles. The number of hydrogen-bond donors (Lipinski definition) is 1. The van der Waals surface area contributed by atoms with E-state index in [2.05, 4.69) is 30.4 Å². The van der Waals surface area contributed by atoms with Gasteiger partial charge in [0, 0.05) is 20.7 Å². The van der Waals surface area contributed by atoms with Crippen molar-refractivity contribution in [1.82, 2.24) is 5.32 Å². The van der Waals surface area contributed by atoms with Crippen molar-refractivity contribution in [3.63, 3.8) is 0 Å². The summed E-state index contributed by atoms with van der Waals surface area (Å²) in [6, 6.07) is 12.7. The zero-order chi connectivity index (χ0) is 12.5. The third-order valence-electron chi connectivity index (χ3n) is 3.16. The molecule has 0 saturated heterocycles. The second kappa shape index (κ2) is 4.59. The molecule has 0 aliphatic heterocycles. The second-order valence-electron chi connectivity index (χ2n) is 4.36. The van der Waals surface area contributed by atoms with E-state index in [9.17, 15) is 0 Å². The van der Waals surface area contributed by atoms with Crippen molar-refractivity contribution in [2.45, 2.75) is 13.0 Å². The standard InChI is InChI=1S/C15H15NOS/c1-10-7-8-14(18-10)15(16-2)12-9-17-13-6-4-3-5-11(12)13/h3-9,15-16H,1-2H3. The van der Waals surface area contributed by atoms with Crippen molar-refractivity contribution in [3.05, 3.63) is 58.0 Å². The number of furan rings is 1. The number of benzene rings is 1. The third kappa shape index (κ3) is 1.85. The average Bonchev–Trinajstić information content (AvgIpc) is 2.98. The van der Waals surface area contributed by atoms with Gasteiger partial charge in [0.15, 0.2) is 0 Å². The number of nitrogens with one attached hydrogen (secondary N) is 1. The lowest BCUT2D eigenvalue weighted by Gasteiger charge is -2.13. The van der Waals surface area contributed by atoms with Crippen LogP contribution in [0.3, 0.4) is 0 Å². The molecular formula is C15H15NOS. The molecule has 0 amide bonds. The van der Waals surface area contributed by atoms with Gasteiger partial charge in [-0.25, -0.2) is 0 Å². The molecule has 3 heteroatoms. The minimum atomic E-state index is 0.201. The molecule has 1 atom stereocenters. The number of thiophene rings is 1. The summed E-state index contributed by atoms with van der Waals surface area (Å²) < 4.78 is 5.62.